The largest absolute Gasteiger partial charge is 0.334 e. The normalized spacial score (nSPS) is 10.5. The van der Waals surface area contributed by atoms with Crippen LogP contribution < -0.4 is 10.6 Å². The van der Waals surface area contributed by atoms with E-state index in [1.54, 1.807) is 30.3 Å². The summed E-state index contributed by atoms with van der Waals surface area (Å²) >= 11 is 19.3. The Kier molecular flexibility index (Phi) is 5.81. The number of carbonyl (C=O) groups is 1. The Balaban J connectivity index is 1.62. The molecule has 3 aromatic rings. The Labute approximate surface area is 163 Å². The Morgan fingerprint density at radius 1 is 1.04 bits per heavy atom. The molecule has 0 spiro atoms. The van der Waals surface area contributed by atoms with Gasteiger partial charge in [-0.25, -0.2) is 9.78 Å². The first-order valence-electron chi connectivity index (χ1n) is 7.21. The lowest BCUT2D eigenvalue weighted by Gasteiger charge is -2.05. The van der Waals surface area contributed by atoms with Crippen LogP contribution in [0.3, 0.4) is 0 Å². The van der Waals surface area contributed by atoms with Gasteiger partial charge in [0.2, 0.25) is 0 Å². The lowest BCUT2D eigenvalue weighted by molar-refractivity contribution is 0.251. The summed E-state index contributed by atoms with van der Waals surface area (Å²) in [6.07, 6.45) is 0. The van der Waals surface area contributed by atoms with Crippen LogP contribution in [0.1, 0.15) is 5.56 Å². The maximum Gasteiger partial charge on any atom is 0.321 e. The Bertz CT molecular complexity index is 896. The van der Waals surface area contributed by atoms with Crippen molar-refractivity contribution in [3.05, 3.63) is 68.5 Å². The van der Waals surface area contributed by atoms with Crippen molar-refractivity contribution in [2.45, 2.75) is 6.54 Å². The second-order valence-electron chi connectivity index (χ2n) is 5.10. The van der Waals surface area contributed by atoms with E-state index in [4.69, 9.17) is 34.8 Å². The Morgan fingerprint density at radius 2 is 1.76 bits per heavy atom. The van der Waals surface area contributed by atoms with E-state index < -0.39 is 0 Å². The number of urea groups is 1. The number of nitrogens with zero attached hydrogens (tertiary/aromatic N) is 1. The van der Waals surface area contributed by atoms with Crippen molar-refractivity contribution in [2.75, 3.05) is 5.32 Å². The van der Waals surface area contributed by atoms with E-state index >= 15 is 0 Å². The van der Waals surface area contributed by atoms with Gasteiger partial charge in [-0.15, -0.1) is 11.3 Å². The van der Waals surface area contributed by atoms with Crippen molar-refractivity contribution in [3.8, 4) is 11.3 Å². The molecule has 2 N–H and O–H groups in total. The third-order valence-electron chi connectivity index (χ3n) is 3.30. The summed E-state index contributed by atoms with van der Waals surface area (Å²) in [7, 11) is 0. The fourth-order valence-electron chi connectivity index (χ4n) is 2.07. The molecule has 128 valence electrons. The van der Waals surface area contributed by atoms with Crippen LogP contribution >= 0.6 is 46.1 Å². The molecule has 0 fully saturated rings. The number of thiazole rings is 1. The molecule has 4 nitrogen and oxygen atoms in total. The predicted octanol–water partition coefficient (Wildman–Crippen LogP) is 6.09. The van der Waals surface area contributed by atoms with Gasteiger partial charge in [-0.05, 0) is 35.9 Å². The zero-order valence-corrected chi connectivity index (χ0v) is 15.8. The van der Waals surface area contributed by atoms with Crippen molar-refractivity contribution in [1.82, 2.24) is 10.3 Å². The minimum absolute atomic E-state index is 0.340. The molecule has 0 saturated heterocycles. The molecule has 0 aliphatic carbocycles. The van der Waals surface area contributed by atoms with E-state index in [0.29, 0.717) is 32.4 Å². The molecule has 0 atom stereocenters. The van der Waals surface area contributed by atoms with Gasteiger partial charge in [-0.3, -0.25) is 5.32 Å². The van der Waals surface area contributed by atoms with E-state index in [-0.39, 0.29) is 6.03 Å². The van der Waals surface area contributed by atoms with E-state index in [0.717, 1.165) is 11.1 Å². The molecule has 0 aliphatic rings. The second kappa shape index (κ2) is 8.06. The van der Waals surface area contributed by atoms with Crippen LogP contribution in [-0.4, -0.2) is 11.0 Å². The molecule has 3 rings (SSSR count). The highest BCUT2D eigenvalue weighted by Crippen LogP contribution is 2.32. The zero-order valence-electron chi connectivity index (χ0n) is 12.7. The molecule has 0 unspecified atom stereocenters. The molecular weight excluding hydrogens is 401 g/mol. The van der Waals surface area contributed by atoms with Gasteiger partial charge >= 0.3 is 6.03 Å². The van der Waals surface area contributed by atoms with Crippen molar-refractivity contribution >= 4 is 57.3 Å². The van der Waals surface area contributed by atoms with E-state index in [1.165, 1.54) is 11.3 Å². The highest BCUT2D eigenvalue weighted by atomic mass is 35.5. The third-order valence-corrected chi connectivity index (χ3v) is 4.87. The lowest BCUT2D eigenvalue weighted by atomic mass is 10.2. The van der Waals surface area contributed by atoms with E-state index in [1.807, 2.05) is 17.5 Å². The lowest BCUT2D eigenvalue weighted by Crippen LogP contribution is -2.28. The van der Waals surface area contributed by atoms with Gasteiger partial charge < -0.3 is 5.32 Å². The summed E-state index contributed by atoms with van der Waals surface area (Å²) in [5.74, 6) is 0. The predicted molar refractivity (Wildman–Crippen MR) is 105 cm³/mol. The second-order valence-corrected chi connectivity index (χ2v) is 7.23. The minimum atomic E-state index is -0.340. The first-order chi connectivity index (χ1) is 12.0. The molecule has 25 heavy (non-hydrogen) atoms. The number of carbonyl (C=O) groups excluding carboxylic acids is 1. The fourth-order valence-corrected chi connectivity index (χ4v) is 3.29. The number of benzene rings is 2. The Morgan fingerprint density at radius 3 is 2.52 bits per heavy atom. The SMILES string of the molecule is O=C(NCc1ccc(Cl)cc1)Nc1nc(-c2cc(Cl)ccc2Cl)cs1. The van der Waals surface area contributed by atoms with Gasteiger partial charge in [0.05, 0.1) is 10.7 Å². The number of hydrogen-bond acceptors (Lipinski definition) is 3. The standard InChI is InChI=1S/C17H12Cl3N3OS/c18-11-3-1-10(2-4-11)8-21-16(24)23-17-22-15(9-25-17)13-7-12(19)5-6-14(13)20/h1-7,9H,8H2,(H2,21,22,23,24). The smallest absolute Gasteiger partial charge is 0.321 e. The van der Waals surface area contributed by atoms with Gasteiger partial charge in [0.15, 0.2) is 5.13 Å². The number of aromatic nitrogens is 1. The average Bonchev–Trinajstić information content (AvgIpc) is 3.05. The summed E-state index contributed by atoms with van der Waals surface area (Å²) in [5, 5.41) is 9.53. The van der Waals surface area contributed by atoms with Crippen LogP contribution in [0, 0.1) is 0 Å². The molecule has 1 aromatic heterocycles. The molecule has 8 heteroatoms. The van der Waals surface area contributed by atoms with Crippen molar-refractivity contribution in [1.29, 1.82) is 0 Å². The quantitative estimate of drug-likeness (QED) is 0.544. The first kappa shape index (κ1) is 18.0. The van der Waals surface area contributed by atoms with Crippen molar-refractivity contribution in [2.24, 2.45) is 0 Å². The molecule has 1 heterocycles. The number of amides is 2. The first-order valence-corrected chi connectivity index (χ1v) is 9.23. The zero-order chi connectivity index (χ0) is 17.8. The highest BCUT2D eigenvalue weighted by Gasteiger charge is 2.11. The van der Waals surface area contributed by atoms with Gasteiger partial charge in [0.25, 0.3) is 0 Å². The van der Waals surface area contributed by atoms with Gasteiger partial charge in [-0.2, -0.15) is 0 Å². The molecule has 0 radical (unpaired) electrons. The van der Waals surface area contributed by atoms with Crippen LogP contribution in [0.25, 0.3) is 11.3 Å². The number of halogens is 3. The van der Waals surface area contributed by atoms with Crippen molar-refractivity contribution in [3.63, 3.8) is 0 Å². The summed E-state index contributed by atoms with van der Waals surface area (Å²) < 4.78 is 0. The summed E-state index contributed by atoms with van der Waals surface area (Å²) in [4.78, 5) is 16.4. The van der Waals surface area contributed by atoms with Gasteiger partial charge in [0, 0.05) is 27.5 Å². The van der Waals surface area contributed by atoms with Crippen LogP contribution in [0.5, 0.6) is 0 Å². The number of anilines is 1. The fraction of sp³-hybridized carbons (Fsp3) is 0.0588. The topological polar surface area (TPSA) is 54.0 Å². The monoisotopic (exact) mass is 411 g/mol. The van der Waals surface area contributed by atoms with Gasteiger partial charge in [-0.1, -0.05) is 46.9 Å². The molecule has 0 saturated carbocycles. The average molecular weight is 413 g/mol. The van der Waals surface area contributed by atoms with Crippen LogP contribution in [-0.2, 0) is 6.54 Å². The van der Waals surface area contributed by atoms with Crippen LogP contribution in [0.4, 0.5) is 9.93 Å². The number of rotatable bonds is 4. The summed E-state index contributed by atoms with van der Waals surface area (Å²) in [5.41, 5.74) is 2.33. The maximum atomic E-state index is 12.0. The molecular formula is C17H12Cl3N3OS. The van der Waals surface area contributed by atoms with Crippen molar-refractivity contribution < 1.29 is 4.79 Å². The highest BCUT2D eigenvalue weighted by molar-refractivity contribution is 7.14. The van der Waals surface area contributed by atoms with Crippen LogP contribution in [0.2, 0.25) is 15.1 Å². The number of hydrogen-bond donors (Lipinski definition) is 2. The number of nitrogens with one attached hydrogen (secondary N) is 2. The Hall–Kier alpha value is -1.79. The van der Waals surface area contributed by atoms with E-state index in [2.05, 4.69) is 15.6 Å². The summed E-state index contributed by atoms with van der Waals surface area (Å²) in [6, 6.07) is 12.1. The molecule has 0 bridgehead atoms. The summed E-state index contributed by atoms with van der Waals surface area (Å²) in [6.45, 7) is 0.390. The minimum Gasteiger partial charge on any atom is -0.334 e. The van der Waals surface area contributed by atoms with E-state index in [9.17, 15) is 4.79 Å². The maximum absolute atomic E-state index is 12.0. The molecule has 0 aliphatic heterocycles. The molecule has 2 aromatic carbocycles. The van der Waals surface area contributed by atoms with Crippen LogP contribution in [0.15, 0.2) is 47.8 Å². The third kappa shape index (κ3) is 4.86. The molecule has 2 amide bonds. The van der Waals surface area contributed by atoms with Gasteiger partial charge in [0.1, 0.15) is 0 Å².